The van der Waals surface area contributed by atoms with Crippen molar-refractivity contribution in [1.29, 1.82) is 0 Å². The van der Waals surface area contributed by atoms with Crippen LogP contribution in [0.5, 0.6) is 0 Å². The van der Waals surface area contributed by atoms with Crippen molar-refractivity contribution in [3.05, 3.63) is 0 Å². The second-order valence-corrected chi connectivity index (χ2v) is 7.12. The maximum absolute atomic E-state index is 12.0. The van der Waals surface area contributed by atoms with Gasteiger partial charge in [0, 0.05) is 32.6 Å². The molecule has 1 saturated heterocycles. The topological polar surface area (TPSA) is 32.3 Å². The molecule has 1 aliphatic rings. The standard InChI is InChI=1S/C20H40N2O/c1-2-3-4-5-6-7-8-9-10-11-12-13-14-15-20(23)22-18-16-21-17-19-22/h21H,2-19H2,1H3. The lowest BCUT2D eigenvalue weighted by Crippen LogP contribution is -2.46. The van der Waals surface area contributed by atoms with Crippen LogP contribution in [0.25, 0.3) is 0 Å². The maximum atomic E-state index is 12.0. The first-order valence-corrected chi connectivity index (χ1v) is 10.3. The van der Waals surface area contributed by atoms with E-state index >= 15 is 0 Å². The summed E-state index contributed by atoms with van der Waals surface area (Å²) in [5.74, 6) is 0.370. The van der Waals surface area contributed by atoms with Gasteiger partial charge < -0.3 is 10.2 Å². The number of nitrogens with zero attached hydrogens (tertiary/aromatic N) is 1. The Kier molecular flexibility index (Phi) is 13.3. The Labute approximate surface area is 144 Å². The minimum atomic E-state index is 0.370. The number of nitrogens with one attached hydrogen (secondary N) is 1. The molecule has 3 heteroatoms. The predicted octanol–water partition coefficient (Wildman–Crippen LogP) is 4.90. The van der Waals surface area contributed by atoms with Gasteiger partial charge in [0.25, 0.3) is 0 Å². The molecule has 0 aromatic carbocycles. The first kappa shape index (κ1) is 20.5. The van der Waals surface area contributed by atoms with Crippen LogP contribution in [0, 0.1) is 0 Å². The number of hydrogen-bond donors (Lipinski definition) is 1. The van der Waals surface area contributed by atoms with E-state index in [4.69, 9.17) is 0 Å². The largest absolute Gasteiger partial charge is 0.340 e. The highest BCUT2D eigenvalue weighted by Gasteiger charge is 2.14. The Bertz CT molecular complexity index is 275. The molecule has 1 fully saturated rings. The van der Waals surface area contributed by atoms with Gasteiger partial charge in [-0.25, -0.2) is 0 Å². The normalized spacial score (nSPS) is 15.1. The number of amides is 1. The van der Waals surface area contributed by atoms with Gasteiger partial charge in [0.1, 0.15) is 0 Å². The fourth-order valence-corrected chi connectivity index (χ4v) is 3.37. The molecule has 1 heterocycles. The van der Waals surface area contributed by atoms with Gasteiger partial charge in [-0.15, -0.1) is 0 Å². The molecule has 0 aromatic heterocycles. The van der Waals surface area contributed by atoms with Crippen molar-refractivity contribution < 1.29 is 4.79 Å². The van der Waals surface area contributed by atoms with Crippen LogP contribution in [0.3, 0.4) is 0 Å². The van der Waals surface area contributed by atoms with E-state index in [0.717, 1.165) is 39.0 Å². The SMILES string of the molecule is CCCCCCCCCCCCCCCC(=O)N1CCNCC1. The Morgan fingerprint density at radius 2 is 1.17 bits per heavy atom. The van der Waals surface area contributed by atoms with Gasteiger partial charge in [0.2, 0.25) is 5.91 Å². The van der Waals surface area contributed by atoms with Crippen molar-refractivity contribution in [1.82, 2.24) is 10.2 Å². The lowest BCUT2D eigenvalue weighted by molar-refractivity contribution is -0.131. The third-order valence-electron chi connectivity index (χ3n) is 4.96. The fourth-order valence-electron chi connectivity index (χ4n) is 3.37. The van der Waals surface area contributed by atoms with Gasteiger partial charge >= 0.3 is 0 Å². The van der Waals surface area contributed by atoms with E-state index in [0.29, 0.717) is 5.91 Å². The van der Waals surface area contributed by atoms with E-state index < -0.39 is 0 Å². The minimum absolute atomic E-state index is 0.370. The molecule has 0 radical (unpaired) electrons. The molecule has 23 heavy (non-hydrogen) atoms. The molecule has 0 atom stereocenters. The van der Waals surface area contributed by atoms with Crippen molar-refractivity contribution in [3.63, 3.8) is 0 Å². The highest BCUT2D eigenvalue weighted by Crippen LogP contribution is 2.13. The molecule has 0 saturated carbocycles. The molecular weight excluding hydrogens is 284 g/mol. The Hall–Kier alpha value is -0.570. The van der Waals surface area contributed by atoms with Gasteiger partial charge in [-0.2, -0.15) is 0 Å². The molecule has 0 unspecified atom stereocenters. The molecule has 1 rings (SSSR count). The summed E-state index contributed by atoms with van der Waals surface area (Å²) in [6.07, 6.45) is 18.5. The lowest BCUT2D eigenvalue weighted by Gasteiger charge is -2.27. The summed E-state index contributed by atoms with van der Waals surface area (Å²) >= 11 is 0. The number of carbonyl (C=O) groups excluding carboxylic acids is 1. The van der Waals surface area contributed by atoms with Crippen LogP contribution in [-0.2, 0) is 4.79 Å². The van der Waals surface area contributed by atoms with E-state index in [1.807, 2.05) is 4.90 Å². The molecule has 0 spiro atoms. The first-order valence-electron chi connectivity index (χ1n) is 10.3. The quantitative estimate of drug-likeness (QED) is 0.461. The van der Waals surface area contributed by atoms with Gasteiger partial charge in [0.15, 0.2) is 0 Å². The third kappa shape index (κ3) is 11.6. The summed E-state index contributed by atoms with van der Waals surface area (Å²) in [5, 5.41) is 3.29. The molecule has 0 bridgehead atoms. The van der Waals surface area contributed by atoms with E-state index in [2.05, 4.69) is 12.2 Å². The second-order valence-electron chi connectivity index (χ2n) is 7.12. The smallest absolute Gasteiger partial charge is 0.222 e. The molecule has 136 valence electrons. The zero-order chi connectivity index (χ0) is 16.6. The van der Waals surface area contributed by atoms with Gasteiger partial charge in [0.05, 0.1) is 0 Å². The monoisotopic (exact) mass is 324 g/mol. The van der Waals surface area contributed by atoms with Crippen LogP contribution in [-0.4, -0.2) is 37.0 Å². The van der Waals surface area contributed by atoms with Crippen molar-refractivity contribution in [2.75, 3.05) is 26.2 Å². The third-order valence-corrected chi connectivity index (χ3v) is 4.96. The fraction of sp³-hybridized carbons (Fsp3) is 0.950. The number of piperazine rings is 1. The number of unbranched alkanes of at least 4 members (excludes halogenated alkanes) is 12. The molecule has 1 aliphatic heterocycles. The average molecular weight is 325 g/mol. The van der Waals surface area contributed by atoms with Gasteiger partial charge in [-0.1, -0.05) is 84.0 Å². The predicted molar refractivity (Wildman–Crippen MR) is 99.8 cm³/mol. The lowest BCUT2D eigenvalue weighted by atomic mass is 10.0. The molecular formula is C20H40N2O. The second kappa shape index (κ2) is 15.0. The molecule has 1 N–H and O–H groups in total. The molecule has 1 amide bonds. The average Bonchev–Trinajstić information content (AvgIpc) is 2.59. The minimum Gasteiger partial charge on any atom is -0.340 e. The van der Waals surface area contributed by atoms with Crippen LogP contribution >= 0.6 is 0 Å². The van der Waals surface area contributed by atoms with Crippen molar-refractivity contribution >= 4 is 5.91 Å². The summed E-state index contributed by atoms with van der Waals surface area (Å²) in [7, 11) is 0. The zero-order valence-corrected chi connectivity index (χ0v) is 15.6. The van der Waals surface area contributed by atoms with Gasteiger partial charge in [-0.05, 0) is 6.42 Å². The number of carbonyl (C=O) groups is 1. The Balaban J connectivity index is 1.76. The number of hydrogen-bond acceptors (Lipinski definition) is 2. The Morgan fingerprint density at radius 1 is 0.739 bits per heavy atom. The summed E-state index contributed by atoms with van der Waals surface area (Å²) in [4.78, 5) is 14.0. The van der Waals surface area contributed by atoms with Crippen LogP contribution in [0.1, 0.15) is 96.8 Å². The summed E-state index contributed by atoms with van der Waals surface area (Å²) in [6.45, 7) is 6.00. The summed E-state index contributed by atoms with van der Waals surface area (Å²) < 4.78 is 0. The van der Waals surface area contributed by atoms with Crippen LogP contribution in [0.4, 0.5) is 0 Å². The van der Waals surface area contributed by atoms with Crippen molar-refractivity contribution in [3.8, 4) is 0 Å². The zero-order valence-electron chi connectivity index (χ0n) is 15.6. The van der Waals surface area contributed by atoms with Gasteiger partial charge in [-0.3, -0.25) is 4.79 Å². The van der Waals surface area contributed by atoms with Crippen LogP contribution in [0.15, 0.2) is 0 Å². The molecule has 0 aliphatic carbocycles. The molecule has 0 aromatic rings. The highest BCUT2D eigenvalue weighted by atomic mass is 16.2. The first-order chi connectivity index (χ1) is 11.3. The summed E-state index contributed by atoms with van der Waals surface area (Å²) in [5.41, 5.74) is 0. The number of rotatable bonds is 14. The van der Waals surface area contributed by atoms with E-state index in [-0.39, 0.29) is 0 Å². The van der Waals surface area contributed by atoms with Crippen molar-refractivity contribution in [2.45, 2.75) is 96.8 Å². The molecule has 3 nitrogen and oxygen atoms in total. The van der Waals surface area contributed by atoms with E-state index in [9.17, 15) is 4.79 Å². The van der Waals surface area contributed by atoms with E-state index in [1.54, 1.807) is 0 Å². The van der Waals surface area contributed by atoms with Crippen LogP contribution < -0.4 is 5.32 Å². The van der Waals surface area contributed by atoms with Crippen LogP contribution in [0.2, 0.25) is 0 Å². The van der Waals surface area contributed by atoms with Crippen molar-refractivity contribution in [2.24, 2.45) is 0 Å². The summed E-state index contributed by atoms with van der Waals surface area (Å²) in [6, 6.07) is 0. The maximum Gasteiger partial charge on any atom is 0.222 e. The van der Waals surface area contributed by atoms with E-state index in [1.165, 1.54) is 77.0 Å². The highest BCUT2D eigenvalue weighted by molar-refractivity contribution is 5.76. The Morgan fingerprint density at radius 3 is 1.65 bits per heavy atom.